The largest absolute Gasteiger partial charge is 0.444 e. The molecule has 1 aliphatic carbocycles. The number of aromatic nitrogens is 2. The predicted octanol–water partition coefficient (Wildman–Crippen LogP) is 4.31. The van der Waals surface area contributed by atoms with Crippen LogP contribution in [0.4, 0.5) is 10.6 Å². The van der Waals surface area contributed by atoms with Crippen LogP contribution in [0.5, 0.6) is 0 Å². The number of piperidine rings is 2. The Bertz CT molecular complexity index is 1140. The summed E-state index contributed by atoms with van der Waals surface area (Å²) in [5.74, 6) is 2.54. The average molecular weight is 555 g/mol. The monoisotopic (exact) mass is 554 g/mol. The Balaban J connectivity index is 1.04. The second-order valence-corrected chi connectivity index (χ2v) is 15.4. The molecule has 5 aliphatic rings. The van der Waals surface area contributed by atoms with Crippen molar-refractivity contribution in [1.29, 1.82) is 0 Å². The molecule has 0 unspecified atom stereocenters. The van der Waals surface area contributed by atoms with Crippen LogP contribution >= 0.6 is 0 Å². The third-order valence-electron chi connectivity index (χ3n) is 10.3. The first-order valence-corrected chi connectivity index (χ1v) is 15.5. The Labute approximate surface area is 240 Å². The number of hydrogen-bond donors (Lipinski definition) is 0. The normalized spacial score (nSPS) is 30.3. The molecule has 0 N–H and O–H groups in total. The maximum Gasteiger partial charge on any atom is 0.410 e. The molecule has 9 heteroatoms. The Morgan fingerprint density at radius 3 is 2.52 bits per heavy atom. The number of amides is 2. The third-order valence-corrected chi connectivity index (χ3v) is 10.3. The van der Waals surface area contributed by atoms with Crippen LogP contribution < -0.4 is 4.90 Å². The van der Waals surface area contributed by atoms with Crippen LogP contribution in [0.1, 0.15) is 84.9 Å². The van der Waals surface area contributed by atoms with E-state index in [1.54, 1.807) is 0 Å². The van der Waals surface area contributed by atoms with Gasteiger partial charge in [-0.25, -0.2) is 4.79 Å². The molecule has 4 saturated heterocycles. The van der Waals surface area contributed by atoms with Crippen LogP contribution in [-0.2, 0) is 9.53 Å². The van der Waals surface area contributed by atoms with E-state index >= 15 is 0 Å². The van der Waals surface area contributed by atoms with Gasteiger partial charge < -0.3 is 19.4 Å². The molecule has 9 nitrogen and oxygen atoms in total. The number of anilines is 1. The van der Waals surface area contributed by atoms with Gasteiger partial charge in [-0.15, -0.1) is 0 Å². The SMILES string of the molecule is Cc1cc(N2CC[C@@H](CN3CCC[C@@H]4CN(C)C(=O)[C@@H]43)CC2(C)C)nn1C1CC2(C1)CN(C(=O)OC(C)(C)C)C2. The van der Waals surface area contributed by atoms with Gasteiger partial charge in [0.1, 0.15) is 5.60 Å². The number of likely N-dealkylation sites (N-methyl/N-ethyl adjacent to an activating group) is 1. The molecule has 1 aromatic heterocycles. The summed E-state index contributed by atoms with van der Waals surface area (Å²) < 4.78 is 7.79. The minimum Gasteiger partial charge on any atom is -0.444 e. The van der Waals surface area contributed by atoms with Crippen LogP contribution in [0.25, 0.3) is 0 Å². The number of aryl methyl sites for hydroxylation is 1. The Morgan fingerprint density at radius 2 is 1.85 bits per heavy atom. The molecule has 1 saturated carbocycles. The lowest BCUT2D eigenvalue weighted by molar-refractivity contribution is -0.132. The summed E-state index contributed by atoms with van der Waals surface area (Å²) in [6.45, 7) is 18.3. The van der Waals surface area contributed by atoms with E-state index in [4.69, 9.17) is 9.84 Å². The van der Waals surface area contributed by atoms with Crippen molar-refractivity contribution >= 4 is 17.8 Å². The molecular formula is C31H50N6O3. The second kappa shape index (κ2) is 9.63. The molecule has 0 aromatic carbocycles. The van der Waals surface area contributed by atoms with Crippen molar-refractivity contribution in [1.82, 2.24) is 24.5 Å². The number of ether oxygens (including phenoxy) is 1. The van der Waals surface area contributed by atoms with Crippen molar-refractivity contribution in [2.24, 2.45) is 17.3 Å². The fourth-order valence-corrected chi connectivity index (χ4v) is 8.58. The van der Waals surface area contributed by atoms with E-state index in [1.807, 2.05) is 37.6 Å². The molecule has 5 heterocycles. The van der Waals surface area contributed by atoms with E-state index in [-0.39, 0.29) is 23.1 Å². The van der Waals surface area contributed by atoms with Gasteiger partial charge in [0.25, 0.3) is 0 Å². The summed E-state index contributed by atoms with van der Waals surface area (Å²) in [7, 11) is 1.97. The Hall–Kier alpha value is -2.29. The molecule has 1 aromatic rings. The summed E-state index contributed by atoms with van der Waals surface area (Å²) in [4.78, 5) is 34.1. The van der Waals surface area contributed by atoms with Crippen LogP contribution in [0, 0.1) is 24.2 Å². The van der Waals surface area contributed by atoms with Crippen LogP contribution in [0.2, 0.25) is 0 Å². The van der Waals surface area contributed by atoms with E-state index in [0.29, 0.717) is 23.8 Å². The smallest absolute Gasteiger partial charge is 0.410 e. The molecule has 0 bridgehead atoms. The van der Waals surface area contributed by atoms with Crippen LogP contribution in [0.15, 0.2) is 6.07 Å². The number of nitrogens with zero attached hydrogens (tertiary/aromatic N) is 6. The van der Waals surface area contributed by atoms with Gasteiger partial charge in [0, 0.05) is 68.4 Å². The average Bonchev–Trinajstić information content (AvgIpc) is 3.29. The van der Waals surface area contributed by atoms with Crippen molar-refractivity contribution < 1.29 is 14.3 Å². The van der Waals surface area contributed by atoms with Gasteiger partial charge in [0.05, 0.1) is 12.1 Å². The fourth-order valence-electron chi connectivity index (χ4n) is 8.58. The van der Waals surface area contributed by atoms with Gasteiger partial charge in [-0.1, -0.05) is 0 Å². The van der Waals surface area contributed by atoms with E-state index in [0.717, 1.165) is 70.8 Å². The van der Waals surface area contributed by atoms with Crippen LogP contribution in [-0.4, -0.2) is 100.0 Å². The highest BCUT2D eigenvalue weighted by Gasteiger charge is 2.55. The molecule has 4 aliphatic heterocycles. The molecule has 6 rings (SSSR count). The van der Waals surface area contributed by atoms with Gasteiger partial charge in [-0.2, -0.15) is 5.10 Å². The first-order valence-electron chi connectivity index (χ1n) is 15.5. The molecule has 3 atom stereocenters. The number of rotatable bonds is 4. The van der Waals surface area contributed by atoms with Gasteiger partial charge >= 0.3 is 6.09 Å². The van der Waals surface area contributed by atoms with Crippen molar-refractivity contribution in [2.45, 2.75) is 103 Å². The second-order valence-electron chi connectivity index (χ2n) is 15.4. The minimum atomic E-state index is -0.449. The van der Waals surface area contributed by atoms with Gasteiger partial charge in [0.15, 0.2) is 5.82 Å². The summed E-state index contributed by atoms with van der Waals surface area (Å²) in [6.07, 6.45) is 6.62. The summed E-state index contributed by atoms with van der Waals surface area (Å²) in [5.41, 5.74) is 1.03. The van der Waals surface area contributed by atoms with Gasteiger partial charge in [0.2, 0.25) is 5.91 Å². The summed E-state index contributed by atoms with van der Waals surface area (Å²) >= 11 is 0. The number of likely N-dealkylation sites (tertiary alicyclic amines) is 3. The Morgan fingerprint density at radius 1 is 1.12 bits per heavy atom. The first-order chi connectivity index (χ1) is 18.7. The maximum atomic E-state index is 12.9. The van der Waals surface area contributed by atoms with Crippen LogP contribution in [0.3, 0.4) is 0 Å². The van der Waals surface area contributed by atoms with E-state index < -0.39 is 5.60 Å². The molecular weight excluding hydrogens is 504 g/mol. The van der Waals surface area contributed by atoms with E-state index in [9.17, 15) is 9.59 Å². The number of carbonyl (C=O) groups is 2. The number of fused-ring (bicyclic) bond motifs is 1. The Kier molecular flexibility index (Phi) is 6.71. The number of carbonyl (C=O) groups excluding carboxylic acids is 2. The predicted molar refractivity (Wildman–Crippen MR) is 155 cm³/mol. The highest BCUT2D eigenvalue weighted by Crippen LogP contribution is 2.54. The lowest BCUT2D eigenvalue weighted by Gasteiger charge is -2.58. The fraction of sp³-hybridized carbons (Fsp3) is 0.839. The van der Waals surface area contributed by atoms with Crippen molar-refractivity contribution in [3.05, 3.63) is 11.8 Å². The third kappa shape index (κ3) is 5.01. The zero-order chi connectivity index (χ0) is 28.6. The zero-order valence-corrected chi connectivity index (χ0v) is 25.8. The highest BCUT2D eigenvalue weighted by molar-refractivity contribution is 5.84. The molecule has 2 amide bonds. The lowest BCUT2D eigenvalue weighted by atomic mass is 9.61. The summed E-state index contributed by atoms with van der Waals surface area (Å²) in [6, 6.07) is 2.78. The summed E-state index contributed by atoms with van der Waals surface area (Å²) in [5, 5.41) is 5.16. The van der Waals surface area contributed by atoms with Crippen molar-refractivity contribution in [3.8, 4) is 0 Å². The van der Waals surface area contributed by atoms with E-state index in [1.165, 1.54) is 18.5 Å². The molecule has 40 heavy (non-hydrogen) atoms. The number of hydrogen-bond acceptors (Lipinski definition) is 6. The quantitative estimate of drug-likeness (QED) is 0.552. The van der Waals surface area contributed by atoms with Gasteiger partial charge in [-0.05, 0) is 92.5 Å². The first kappa shape index (κ1) is 27.9. The van der Waals surface area contributed by atoms with Gasteiger partial charge in [-0.3, -0.25) is 14.4 Å². The zero-order valence-electron chi connectivity index (χ0n) is 25.8. The molecule has 0 radical (unpaired) electrons. The molecule has 5 fully saturated rings. The maximum absolute atomic E-state index is 12.9. The van der Waals surface area contributed by atoms with E-state index in [2.05, 4.69) is 41.3 Å². The standard InChI is InChI=1S/C31H50N6O3/c1-21-13-25(32-37(21)24-15-31(16-24)19-35(20-31)28(39)40-29(2,3)4)36-12-10-22(14-30(36,5)6)17-34-11-8-9-23-18-33(7)27(38)26(23)34/h13,22-24,26H,8-12,14-20H2,1-7H3/t22-,23-,26-/m1/s1. The topological polar surface area (TPSA) is 74.2 Å². The molecule has 1 spiro atoms. The lowest BCUT2D eigenvalue weighted by Crippen LogP contribution is -2.64. The van der Waals surface area contributed by atoms with Crippen molar-refractivity contribution in [3.63, 3.8) is 0 Å². The molecule has 222 valence electrons. The highest BCUT2D eigenvalue weighted by atomic mass is 16.6. The van der Waals surface area contributed by atoms with Crippen molar-refractivity contribution in [2.75, 3.05) is 51.2 Å². The minimum absolute atomic E-state index is 0.0168.